The lowest BCUT2D eigenvalue weighted by molar-refractivity contribution is 0.0959. The molecular formula is C14H13N5O. The van der Waals surface area contributed by atoms with E-state index in [2.05, 4.69) is 20.3 Å². The number of hydrogen-bond acceptors (Lipinski definition) is 4. The zero-order chi connectivity index (χ0) is 14.1. The summed E-state index contributed by atoms with van der Waals surface area (Å²) in [5, 5.41) is 3.57. The largest absolute Gasteiger partial charge is 0.382 e. The lowest BCUT2D eigenvalue weighted by Crippen LogP contribution is -2.21. The number of carbonyl (C=O) groups excluding carboxylic acids is 1. The van der Waals surface area contributed by atoms with Crippen molar-refractivity contribution in [1.82, 2.24) is 20.3 Å². The van der Waals surface area contributed by atoms with E-state index in [1.165, 1.54) is 7.05 Å². The molecule has 3 rings (SSSR count). The molecule has 0 fully saturated rings. The third-order valence-corrected chi connectivity index (χ3v) is 3.09. The Morgan fingerprint density at radius 1 is 1.35 bits per heavy atom. The molecule has 0 aliphatic rings. The maximum absolute atomic E-state index is 11.7. The number of rotatable bonds is 2. The van der Waals surface area contributed by atoms with E-state index in [-0.39, 0.29) is 17.4 Å². The molecule has 0 aliphatic carbocycles. The Bertz CT molecular complexity index is 793. The zero-order valence-corrected chi connectivity index (χ0v) is 10.8. The van der Waals surface area contributed by atoms with Crippen molar-refractivity contribution in [2.75, 3.05) is 12.8 Å². The van der Waals surface area contributed by atoms with Crippen LogP contribution in [0.5, 0.6) is 0 Å². The van der Waals surface area contributed by atoms with Gasteiger partial charge in [-0.3, -0.25) is 4.79 Å². The highest BCUT2D eigenvalue weighted by Gasteiger charge is 2.13. The van der Waals surface area contributed by atoms with Gasteiger partial charge in [-0.25, -0.2) is 9.97 Å². The molecule has 6 nitrogen and oxygen atoms in total. The molecule has 1 amide bonds. The molecule has 100 valence electrons. The van der Waals surface area contributed by atoms with Crippen molar-refractivity contribution in [2.24, 2.45) is 0 Å². The number of nitrogen functional groups attached to an aromatic ring is 1. The minimum absolute atomic E-state index is 0.121. The second kappa shape index (κ2) is 4.65. The number of anilines is 1. The van der Waals surface area contributed by atoms with E-state index in [0.717, 1.165) is 16.5 Å². The van der Waals surface area contributed by atoms with Crippen molar-refractivity contribution in [2.45, 2.75) is 0 Å². The topological polar surface area (TPSA) is 96.7 Å². The Kier molecular flexibility index (Phi) is 2.83. The van der Waals surface area contributed by atoms with Crippen molar-refractivity contribution < 1.29 is 4.79 Å². The van der Waals surface area contributed by atoms with Crippen molar-refractivity contribution in [1.29, 1.82) is 0 Å². The summed E-state index contributed by atoms with van der Waals surface area (Å²) in [7, 11) is 1.53. The highest BCUT2D eigenvalue weighted by molar-refractivity contribution is 5.96. The van der Waals surface area contributed by atoms with Crippen molar-refractivity contribution in [3.8, 4) is 11.3 Å². The number of nitrogens with one attached hydrogen (secondary N) is 2. The predicted molar refractivity (Wildman–Crippen MR) is 77.1 cm³/mol. The Hall–Kier alpha value is -2.89. The number of carbonyl (C=O) groups is 1. The molecule has 4 N–H and O–H groups in total. The minimum Gasteiger partial charge on any atom is -0.382 e. The number of amides is 1. The zero-order valence-electron chi connectivity index (χ0n) is 10.8. The fourth-order valence-corrected chi connectivity index (χ4v) is 2.04. The van der Waals surface area contributed by atoms with Crippen LogP contribution in [-0.4, -0.2) is 27.9 Å². The van der Waals surface area contributed by atoms with Gasteiger partial charge in [0.15, 0.2) is 11.5 Å². The van der Waals surface area contributed by atoms with Gasteiger partial charge in [-0.1, -0.05) is 6.07 Å². The molecule has 6 heteroatoms. The molecule has 0 unspecified atom stereocenters. The molecule has 0 radical (unpaired) electrons. The second-order valence-corrected chi connectivity index (χ2v) is 4.35. The molecule has 2 aromatic heterocycles. The summed E-state index contributed by atoms with van der Waals surface area (Å²) in [6.45, 7) is 0. The van der Waals surface area contributed by atoms with Gasteiger partial charge in [0.05, 0.1) is 11.9 Å². The van der Waals surface area contributed by atoms with Gasteiger partial charge in [0.2, 0.25) is 0 Å². The number of nitrogens with two attached hydrogens (primary N) is 1. The van der Waals surface area contributed by atoms with Gasteiger partial charge in [-0.15, -0.1) is 0 Å². The smallest absolute Gasteiger partial charge is 0.273 e. The van der Waals surface area contributed by atoms with Gasteiger partial charge in [-0.05, 0) is 18.2 Å². The molecule has 2 heterocycles. The SMILES string of the molecule is CNC(=O)c1nc(-c2ccc3[nH]ccc3c2)cnc1N. The molecule has 0 aliphatic heterocycles. The summed E-state index contributed by atoms with van der Waals surface area (Å²) in [5.41, 5.74) is 8.36. The van der Waals surface area contributed by atoms with Gasteiger partial charge in [0.25, 0.3) is 5.91 Å². The van der Waals surface area contributed by atoms with E-state index >= 15 is 0 Å². The van der Waals surface area contributed by atoms with Gasteiger partial charge >= 0.3 is 0 Å². The van der Waals surface area contributed by atoms with E-state index < -0.39 is 0 Å². The van der Waals surface area contributed by atoms with Crippen molar-refractivity contribution >= 4 is 22.6 Å². The fourth-order valence-electron chi connectivity index (χ4n) is 2.04. The van der Waals surface area contributed by atoms with Gasteiger partial charge in [-0.2, -0.15) is 0 Å². The van der Waals surface area contributed by atoms with E-state index in [0.29, 0.717) is 5.69 Å². The molecule has 20 heavy (non-hydrogen) atoms. The predicted octanol–water partition coefficient (Wildman–Crippen LogP) is 1.57. The maximum atomic E-state index is 11.7. The summed E-state index contributed by atoms with van der Waals surface area (Å²) in [6, 6.07) is 7.85. The molecule has 0 bridgehead atoms. The standard InChI is InChI=1S/C14H13N5O/c1-16-14(20)12-13(15)18-7-11(19-12)8-2-3-10-9(6-8)4-5-17-10/h2-7,17H,1H3,(H2,15,18)(H,16,20). The molecule has 0 spiro atoms. The summed E-state index contributed by atoms with van der Waals surface area (Å²) in [5.74, 6) is -0.226. The van der Waals surface area contributed by atoms with Gasteiger partial charge in [0.1, 0.15) is 0 Å². The summed E-state index contributed by atoms with van der Waals surface area (Å²) in [6.07, 6.45) is 3.44. The summed E-state index contributed by atoms with van der Waals surface area (Å²) < 4.78 is 0. The molecule has 3 aromatic rings. The molecule has 0 saturated carbocycles. The highest BCUT2D eigenvalue weighted by atomic mass is 16.1. The van der Waals surface area contributed by atoms with Crippen LogP contribution in [0, 0.1) is 0 Å². The van der Waals surface area contributed by atoms with Crippen LogP contribution in [0.25, 0.3) is 22.2 Å². The highest BCUT2D eigenvalue weighted by Crippen LogP contribution is 2.23. The first-order valence-corrected chi connectivity index (χ1v) is 6.11. The molecule has 0 atom stereocenters. The molecular weight excluding hydrogens is 254 g/mol. The van der Waals surface area contributed by atoms with E-state index in [4.69, 9.17) is 5.73 Å². The second-order valence-electron chi connectivity index (χ2n) is 4.35. The lowest BCUT2D eigenvalue weighted by atomic mass is 10.1. The first-order valence-electron chi connectivity index (χ1n) is 6.11. The van der Waals surface area contributed by atoms with E-state index in [1.807, 2.05) is 30.5 Å². The van der Waals surface area contributed by atoms with Crippen molar-refractivity contribution in [3.05, 3.63) is 42.4 Å². The first-order chi connectivity index (χ1) is 9.69. The normalized spacial score (nSPS) is 10.7. The number of benzene rings is 1. The van der Waals surface area contributed by atoms with Crippen LogP contribution in [-0.2, 0) is 0 Å². The fraction of sp³-hybridized carbons (Fsp3) is 0.0714. The minimum atomic E-state index is -0.348. The quantitative estimate of drug-likeness (QED) is 0.656. The summed E-state index contributed by atoms with van der Waals surface area (Å²) >= 11 is 0. The number of aromatic nitrogens is 3. The monoisotopic (exact) mass is 267 g/mol. The van der Waals surface area contributed by atoms with Crippen LogP contribution in [0.3, 0.4) is 0 Å². The Morgan fingerprint density at radius 2 is 2.20 bits per heavy atom. The number of H-pyrrole nitrogens is 1. The Balaban J connectivity index is 2.11. The van der Waals surface area contributed by atoms with Crippen LogP contribution in [0.1, 0.15) is 10.5 Å². The first kappa shape index (κ1) is 12.2. The Labute approximate surface area is 115 Å². The molecule has 0 saturated heterocycles. The van der Waals surface area contributed by atoms with E-state index in [9.17, 15) is 4.79 Å². The van der Waals surface area contributed by atoms with Crippen LogP contribution in [0.4, 0.5) is 5.82 Å². The number of fused-ring (bicyclic) bond motifs is 1. The third-order valence-electron chi connectivity index (χ3n) is 3.09. The van der Waals surface area contributed by atoms with Crippen LogP contribution < -0.4 is 11.1 Å². The van der Waals surface area contributed by atoms with Gasteiger partial charge in [0, 0.05) is 29.7 Å². The Morgan fingerprint density at radius 3 is 3.00 bits per heavy atom. The van der Waals surface area contributed by atoms with Gasteiger partial charge < -0.3 is 16.0 Å². The number of hydrogen-bond donors (Lipinski definition) is 3. The average molecular weight is 267 g/mol. The van der Waals surface area contributed by atoms with E-state index in [1.54, 1.807) is 6.20 Å². The van der Waals surface area contributed by atoms with Crippen LogP contribution in [0.2, 0.25) is 0 Å². The summed E-state index contributed by atoms with van der Waals surface area (Å²) in [4.78, 5) is 23.1. The number of aromatic amines is 1. The van der Waals surface area contributed by atoms with Crippen molar-refractivity contribution in [3.63, 3.8) is 0 Å². The lowest BCUT2D eigenvalue weighted by Gasteiger charge is -2.06. The number of nitrogens with zero attached hydrogens (tertiary/aromatic N) is 2. The average Bonchev–Trinajstić information content (AvgIpc) is 2.94. The maximum Gasteiger partial charge on any atom is 0.273 e. The third kappa shape index (κ3) is 1.97. The van der Waals surface area contributed by atoms with Crippen LogP contribution in [0.15, 0.2) is 36.7 Å². The molecule has 1 aromatic carbocycles. The van der Waals surface area contributed by atoms with Crippen LogP contribution >= 0.6 is 0 Å².